The number of hydrogen-bond acceptors (Lipinski definition) is 2. The molecular weight excluding hydrogens is 260 g/mol. The van der Waals surface area contributed by atoms with Crippen molar-refractivity contribution in [2.24, 2.45) is 5.41 Å². The third-order valence-corrected chi connectivity index (χ3v) is 6.04. The molecule has 2 saturated heterocycles. The second-order valence-corrected chi connectivity index (χ2v) is 7.32. The second-order valence-electron chi connectivity index (χ2n) is 7.32. The standard InChI is InChI=1S/C18H24N2O/c1-3-19-12-17(2)11-18(17,13-19)14-6-8-15(9-7-14)20-10-4-5-16(20)21/h6-9H,3-5,10-13H2,1-2H3. The van der Waals surface area contributed by atoms with Crippen LogP contribution in [0.3, 0.4) is 0 Å². The highest BCUT2D eigenvalue weighted by atomic mass is 16.2. The van der Waals surface area contributed by atoms with Gasteiger partial charge in [-0.05, 0) is 42.5 Å². The maximum absolute atomic E-state index is 11.8. The molecule has 0 aromatic heterocycles. The molecule has 4 rings (SSSR count). The fourth-order valence-electron chi connectivity index (χ4n) is 4.65. The molecule has 21 heavy (non-hydrogen) atoms. The molecule has 0 bridgehead atoms. The molecule has 3 heteroatoms. The van der Waals surface area contributed by atoms with Crippen molar-refractivity contribution in [3.8, 4) is 0 Å². The van der Waals surface area contributed by atoms with Crippen LogP contribution in [0, 0.1) is 5.41 Å². The van der Waals surface area contributed by atoms with E-state index in [9.17, 15) is 4.79 Å². The number of amides is 1. The summed E-state index contributed by atoms with van der Waals surface area (Å²) >= 11 is 0. The van der Waals surface area contributed by atoms with Gasteiger partial charge in [0, 0.05) is 37.2 Å². The van der Waals surface area contributed by atoms with E-state index in [1.165, 1.54) is 25.1 Å². The van der Waals surface area contributed by atoms with Gasteiger partial charge in [0.05, 0.1) is 0 Å². The van der Waals surface area contributed by atoms with Crippen LogP contribution in [0.5, 0.6) is 0 Å². The number of anilines is 1. The van der Waals surface area contributed by atoms with E-state index >= 15 is 0 Å². The summed E-state index contributed by atoms with van der Waals surface area (Å²) in [7, 11) is 0. The lowest BCUT2D eigenvalue weighted by atomic mass is 9.89. The van der Waals surface area contributed by atoms with E-state index in [2.05, 4.69) is 43.0 Å². The van der Waals surface area contributed by atoms with Crippen LogP contribution in [0.15, 0.2) is 24.3 Å². The van der Waals surface area contributed by atoms with Gasteiger partial charge < -0.3 is 9.80 Å². The maximum atomic E-state index is 11.8. The Morgan fingerprint density at radius 2 is 1.95 bits per heavy atom. The lowest BCUT2D eigenvalue weighted by Crippen LogP contribution is -2.26. The summed E-state index contributed by atoms with van der Waals surface area (Å²) in [5.41, 5.74) is 3.38. The summed E-state index contributed by atoms with van der Waals surface area (Å²) in [6.45, 7) is 9.14. The summed E-state index contributed by atoms with van der Waals surface area (Å²) in [4.78, 5) is 16.3. The molecule has 2 heterocycles. The Bertz CT molecular complexity index is 581. The maximum Gasteiger partial charge on any atom is 0.227 e. The van der Waals surface area contributed by atoms with Crippen molar-refractivity contribution in [2.75, 3.05) is 31.1 Å². The Kier molecular flexibility index (Phi) is 2.74. The van der Waals surface area contributed by atoms with E-state index in [1.807, 2.05) is 4.90 Å². The smallest absolute Gasteiger partial charge is 0.227 e. The molecule has 0 radical (unpaired) electrons. The lowest BCUT2D eigenvalue weighted by Gasteiger charge is -2.20. The quantitative estimate of drug-likeness (QED) is 0.852. The molecule has 0 spiro atoms. The summed E-state index contributed by atoms with van der Waals surface area (Å²) in [5, 5.41) is 0. The molecule has 112 valence electrons. The van der Waals surface area contributed by atoms with Crippen LogP contribution in [-0.4, -0.2) is 37.0 Å². The number of likely N-dealkylation sites (N-methyl/N-ethyl adjacent to an activating group) is 1. The van der Waals surface area contributed by atoms with Gasteiger partial charge in [-0.3, -0.25) is 4.79 Å². The average Bonchev–Trinajstić information content (AvgIpc) is 2.78. The summed E-state index contributed by atoms with van der Waals surface area (Å²) in [5.74, 6) is 0.273. The van der Waals surface area contributed by atoms with Crippen LogP contribution in [0.2, 0.25) is 0 Å². The van der Waals surface area contributed by atoms with Gasteiger partial charge in [0.2, 0.25) is 5.91 Å². The lowest BCUT2D eigenvalue weighted by molar-refractivity contribution is -0.117. The fourth-order valence-corrected chi connectivity index (χ4v) is 4.65. The van der Waals surface area contributed by atoms with Crippen molar-refractivity contribution in [3.05, 3.63) is 29.8 Å². The molecule has 3 fully saturated rings. The van der Waals surface area contributed by atoms with E-state index in [1.54, 1.807) is 0 Å². The number of benzene rings is 1. The number of nitrogens with zero attached hydrogens (tertiary/aromatic N) is 2. The highest BCUT2D eigenvalue weighted by molar-refractivity contribution is 5.95. The van der Waals surface area contributed by atoms with E-state index in [0.29, 0.717) is 17.3 Å². The Labute approximate surface area is 126 Å². The van der Waals surface area contributed by atoms with Gasteiger partial charge in [0.15, 0.2) is 0 Å². The number of fused-ring (bicyclic) bond motifs is 1. The third kappa shape index (κ3) is 1.80. The minimum atomic E-state index is 0.273. The van der Waals surface area contributed by atoms with Gasteiger partial charge in [-0.25, -0.2) is 0 Å². The van der Waals surface area contributed by atoms with E-state index in [-0.39, 0.29) is 5.91 Å². The van der Waals surface area contributed by atoms with Crippen molar-refractivity contribution < 1.29 is 4.79 Å². The van der Waals surface area contributed by atoms with Crippen molar-refractivity contribution in [1.82, 2.24) is 4.90 Å². The van der Waals surface area contributed by atoms with Gasteiger partial charge in [0.25, 0.3) is 0 Å². The minimum absolute atomic E-state index is 0.273. The number of likely N-dealkylation sites (tertiary alicyclic amines) is 1. The van der Waals surface area contributed by atoms with Crippen LogP contribution >= 0.6 is 0 Å². The van der Waals surface area contributed by atoms with Crippen LogP contribution < -0.4 is 4.90 Å². The average molecular weight is 284 g/mol. The Morgan fingerprint density at radius 3 is 2.52 bits per heavy atom. The number of piperidine rings is 1. The van der Waals surface area contributed by atoms with Crippen molar-refractivity contribution in [2.45, 2.75) is 38.5 Å². The number of hydrogen-bond donors (Lipinski definition) is 0. The topological polar surface area (TPSA) is 23.6 Å². The summed E-state index contributed by atoms with van der Waals surface area (Å²) in [6, 6.07) is 8.85. The zero-order valence-electron chi connectivity index (χ0n) is 13.1. The first kappa shape index (κ1) is 13.3. The monoisotopic (exact) mass is 284 g/mol. The molecule has 2 atom stereocenters. The molecule has 0 N–H and O–H groups in total. The summed E-state index contributed by atoms with van der Waals surface area (Å²) in [6.07, 6.45) is 3.02. The summed E-state index contributed by atoms with van der Waals surface area (Å²) < 4.78 is 0. The largest absolute Gasteiger partial charge is 0.312 e. The van der Waals surface area contributed by atoms with E-state index in [0.717, 1.165) is 25.2 Å². The highest BCUT2D eigenvalue weighted by Gasteiger charge is 2.69. The number of carbonyl (C=O) groups excluding carboxylic acids is 1. The van der Waals surface area contributed by atoms with Gasteiger partial charge in [0.1, 0.15) is 0 Å². The van der Waals surface area contributed by atoms with Crippen LogP contribution in [0.4, 0.5) is 5.69 Å². The van der Waals surface area contributed by atoms with Gasteiger partial charge >= 0.3 is 0 Å². The molecule has 1 amide bonds. The first-order valence-corrected chi connectivity index (χ1v) is 8.21. The first-order valence-electron chi connectivity index (χ1n) is 8.21. The number of rotatable bonds is 3. The van der Waals surface area contributed by atoms with Crippen molar-refractivity contribution >= 4 is 11.6 Å². The molecule has 2 aliphatic heterocycles. The molecule has 1 aliphatic carbocycles. The van der Waals surface area contributed by atoms with Crippen LogP contribution in [0.25, 0.3) is 0 Å². The van der Waals surface area contributed by atoms with E-state index in [4.69, 9.17) is 0 Å². The zero-order chi connectivity index (χ0) is 14.7. The van der Waals surface area contributed by atoms with Gasteiger partial charge in [-0.1, -0.05) is 26.0 Å². The predicted octanol–water partition coefficient (Wildman–Crippen LogP) is 2.80. The van der Waals surface area contributed by atoms with Crippen LogP contribution in [-0.2, 0) is 10.2 Å². The van der Waals surface area contributed by atoms with Crippen molar-refractivity contribution in [3.63, 3.8) is 0 Å². The fraction of sp³-hybridized carbons (Fsp3) is 0.611. The van der Waals surface area contributed by atoms with E-state index < -0.39 is 0 Å². The first-order chi connectivity index (χ1) is 10.1. The molecular formula is C18H24N2O. The SMILES string of the molecule is CCN1CC2(C)CC2(c2ccc(N3CCCC3=O)cc2)C1. The second kappa shape index (κ2) is 4.33. The normalized spacial score (nSPS) is 35.3. The molecule has 1 aromatic rings. The zero-order valence-corrected chi connectivity index (χ0v) is 13.1. The van der Waals surface area contributed by atoms with Gasteiger partial charge in [-0.2, -0.15) is 0 Å². The van der Waals surface area contributed by atoms with Crippen LogP contribution in [0.1, 0.15) is 38.7 Å². The predicted molar refractivity (Wildman–Crippen MR) is 84.5 cm³/mol. The molecule has 1 aromatic carbocycles. The Hall–Kier alpha value is -1.35. The molecule has 3 aliphatic rings. The Balaban J connectivity index is 1.59. The van der Waals surface area contributed by atoms with Gasteiger partial charge in [-0.15, -0.1) is 0 Å². The highest BCUT2D eigenvalue weighted by Crippen LogP contribution is 2.68. The molecule has 2 unspecified atom stereocenters. The molecule has 1 saturated carbocycles. The Morgan fingerprint density at radius 1 is 1.19 bits per heavy atom. The molecule has 3 nitrogen and oxygen atoms in total. The third-order valence-electron chi connectivity index (χ3n) is 6.04. The van der Waals surface area contributed by atoms with Crippen molar-refractivity contribution in [1.29, 1.82) is 0 Å². The minimum Gasteiger partial charge on any atom is -0.312 e. The number of carbonyl (C=O) groups is 1.